The molecule has 0 aliphatic heterocycles. The van der Waals surface area contributed by atoms with E-state index in [4.69, 9.17) is 11.6 Å². The van der Waals surface area contributed by atoms with Crippen molar-refractivity contribution in [1.29, 1.82) is 0 Å². The summed E-state index contributed by atoms with van der Waals surface area (Å²) >= 11 is 5.83. The lowest BCUT2D eigenvalue weighted by molar-refractivity contribution is 0.688. The second-order valence-corrected chi connectivity index (χ2v) is 3.39. The molecule has 0 radical (unpaired) electrons. The minimum atomic E-state index is 0.664. The fraction of sp³-hybridized carbons (Fsp3) is 0.333. The third kappa shape index (κ3) is 1.86. The highest BCUT2D eigenvalue weighted by molar-refractivity contribution is 6.30. The van der Waals surface area contributed by atoms with Gasteiger partial charge in [0.25, 0.3) is 0 Å². The zero-order valence-corrected chi connectivity index (χ0v) is 8.62. The summed E-state index contributed by atoms with van der Waals surface area (Å²) < 4.78 is 1.69. The molecule has 0 bridgehead atoms. The number of hydrogen-bond donors (Lipinski definition) is 1. The molecule has 1 N–H and O–H groups in total. The van der Waals surface area contributed by atoms with Gasteiger partial charge in [-0.3, -0.25) is 0 Å². The fourth-order valence-corrected chi connectivity index (χ4v) is 1.37. The topological polar surface area (TPSA) is 42.2 Å². The monoisotopic (exact) mass is 210 g/mol. The number of nitrogens with one attached hydrogen (secondary N) is 1. The molecule has 0 saturated carbocycles. The van der Waals surface area contributed by atoms with Crippen LogP contribution in [0.5, 0.6) is 0 Å². The van der Waals surface area contributed by atoms with E-state index >= 15 is 0 Å². The van der Waals surface area contributed by atoms with E-state index in [1.165, 1.54) is 0 Å². The normalized spacial score (nSPS) is 11.0. The molecule has 0 amide bonds. The SMILES string of the molecule is CCNCc1nc2ccc(Cl)cn2n1. The van der Waals surface area contributed by atoms with Crippen LogP contribution in [0.2, 0.25) is 5.02 Å². The van der Waals surface area contributed by atoms with Crippen LogP contribution in [0.4, 0.5) is 0 Å². The highest BCUT2D eigenvalue weighted by Gasteiger charge is 2.02. The van der Waals surface area contributed by atoms with Crippen molar-refractivity contribution in [2.45, 2.75) is 13.5 Å². The Labute approximate surface area is 86.9 Å². The van der Waals surface area contributed by atoms with Crippen LogP contribution in [0, 0.1) is 0 Å². The molecule has 14 heavy (non-hydrogen) atoms. The van der Waals surface area contributed by atoms with Gasteiger partial charge in [-0.1, -0.05) is 18.5 Å². The van der Waals surface area contributed by atoms with Crippen molar-refractivity contribution in [3.8, 4) is 0 Å². The lowest BCUT2D eigenvalue weighted by atomic mass is 10.5. The number of hydrogen-bond acceptors (Lipinski definition) is 3. The first-order chi connectivity index (χ1) is 6.79. The van der Waals surface area contributed by atoms with Crippen LogP contribution in [0.25, 0.3) is 5.65 Å². The standard InChI is InChI=1S/C9H11ClN4/c1-2-11-5-8-12-9-4-3-7(10)6-14(9)13-8/h3-4,6,11H,2,5H2,1H3. The van der Waals surface area contributed by atoms with Gasteiger partial charge in [0.15, 0.2) is 11.5 Å². The van der Waals surface area contributed by atoms with E-state index in [1.807, 2.05) is 19.1 Å². The molecular formula is C9H11ClN4. The maximum Gasteiger partial charge on any atom is 0.165 e. The van der Waals surface area contributed by atoms with Gasteiger partial charge in [-0.25, -0.2) is 9.50 Å². The zero-order valence-electron chi connectivity index (χ0n) is 7.87. The molecule has 2 aromatic rings. The highest BCUT2D eigenvalue weighted by Crippen LogP contribution is 2.09. The molecule has 2 heterocycles. The number of pyridine rings is 1. The number of fused-ring (bicyclic) bond motifs is 1. The summed E-state index contributed by atoms with van der Waals surface area (Å²) in [5.41, 5.74) is 0.822. The summed E-state index contributed by atoms with van der Waals surface area (Å²) in [6, 6.07) is 3.66. The molecule has 74 valence electrons. The van der Waals surface area contributed by atoms with Crippen molar-refractivity contribution in [2.75, 3.05) is 6.54 Å². The molecule has 4 nitrogen and oxygen atoms in total. The Morgan fingerprint density at radius 3 is 3.14 bits per heavy atom. The van der Waals surface area contributed by atoms with Crippen molar-refractivity contribution in [3.63, 3.8) is 0 Å². The maximum atomic E-state index is 5.83. The van der Waals surface area contributed by atoms with Gasteiger partial charge in [-0.15, -0.1) is 5.10 Å². The minimum absolute atomic E-state index is 0.664. The van der Waals surface area contributed by atoms with E-state index in [2.05, 4.69) is 15.4 Å². The van der Waals surface area contributed by atoms with Gasteiger partial charge in [-0.05, 0) is 18.7 Å². The number of rotatable bonds is 3. The van der Waals surface area contributed by atoms with Gasteiger partial charge < -0.3 is 5.32 Å². The van der Waals surface area contributed by atoms with Crippen LogP contribution in [0.3, 0.4) is 0 Å². The molecule has 2 rings (SSSR count). The third-order valence-corrected chi connectivity index (χ3v) is 2.10. The molecule has 0 spiro atoms. The second-order valence-electron chi connectivity index (χ2n) is 2.96. The summed E-state index contributed by atoms with van der Waals surface area (Å²) in [7, 11) is 0. The van der Waals surface area contributed by atoms with Gasteiger partial charge in [0, 0.05) is 6.20 Å². The molecule has 0 fully saturated rings. The van der Waals surface area contributed by atoms with Crippen LogP contribution in [-0.4, -0.2) is 21.1 Å². The van der Waals surface area contributed by atoms with Gasteiger partial charge in [0.1, 0.15) is 0 Å². The molecular weight excluding hydrogens is 200 g/mol. The first-order valence-electron chi connectivity index (χ1n) is 4.51. The molecule has 2 aromatic heterocycles. The van der Waals surface area contributed by atoms with E-state index < -0.39 is 0 Å². The van der Waals surface area contributed by atoms with Crippen molar-refractivity contribution >= 4 is 17.2 Å². The Balaban J connectivity index is 2.32. The number of halogens is 1. The predicted molar refractivity (Wildman–Crippen MR) is 55.4 cm³/mol. The summed E-state index contributed by atoms with van der Waals surface area (Å²) in [5, 5.41) is 8.10. The van der Waals surface area contributed by atoms with Crippen LogP contribution in [0.15, 0.2) is 18.3 Å². The molecule has 0 atom stereocenters. The van der Waals surface area contributed by atoms with E-state index in [1.54, 1.807) is 10.7 Å². The van der Waals surface area contributed by atoms with Crippen LogP contribution >= 0.6 is 11.6 Å². The lowest BCUT2D eigenvalue weighted by Crippen LogP contribution is -2.12. The van der Waals surface area contributed by atoms with Crippen molar-refractivity contribution < 1.29 is 0 Å². The second kappa shape index (κ2) is 3.94. The Bertz CT molecular complexity index is 437. The molecule has 0 aliphatic carbocycles. The molecule has 5 heteroatoms. The first-order valence-corrected chi connectivity index (χ1v) is 4.89. The lowest BCUT2D eigenvalue weighted by Gasteiger charge is -1.93. The van der Waals surface area contributed by atoms with Crippen LogP contribution < -0.4 is 5.32 Å². The Kier molecular flexibility index (Phi) is 2.65. The Hall–Kier alpha value is -1.13. The van der Waals surface area contributed by atoms with E-state index in [-0.39, 0.29) is 0 Å². The predicted octanol–water partition coefficient (Wildman–Crippen LogP) is 1.49. The van der Waals surface area contributed by atoms with Gasteiger partial charge >= 0.3 is 0 Å². The van der Waals surface area contributed by atoms with Crippen molar-refractivity contribution in [2.24, 2.45) is 0 Å². The smallest absolute Gasteiger partial charge is 0.165 e. The highest BCUT2D eigenvalue weighted by atomic mass is 35.5. The molecule has 0 saturated heterocycles. The largest absolute Gasteiger partial charge is 0.310 e. The van der Waals surface area contributed by atoms with Gasteiger partial charge in [-0.2, -0.15) is 0 Å². The minimum Gasteiger partial charge on any atom is -0.310 e. The van der Waals surface area contributed by atoms with Crippen molar-refractivity contribution in [1.82, 2.24) is 19.9 Å². The quantitative estimate of drug-likeness (QED) is 0.835. The Morgan fingerprint density at radius 2 is 2.36 bits per heavy atom. The third-order valence-electron chi connectivity index (χ3n) is 1.87. The van der Waals surface area contributed by atoms with Gasteiger partial charge in [0.2, 0.25) is 0 Å². The van der Waals surface area contributed by atoms with E-state index in [0.717, 1.165) is 18.0 Å². The van der Waals surface area contributed by atoms with Gasteiger partial charge in [0.05, 0.1) is 11.6 Å². The first kappa shape index (κ1) is 9.43. The van der Waals surface area contributed by atoms with Crippen LogP contribution in [-0.2, 0) is 6.54 Å². The summed E-state index contributed by atoms with van der Waals surface area (Å²) in [6.07, 6.45) is 1.75. The van der Waals surface area contributed by atoms with E-state index in [0.29, 0.717) is 11.6 Å². The summed E-state index contributed by atoms with van der Waals surface area (Å²) in [4.78, 5) is 4.32. The average Bonchev–Trinajstić information content (AvgIpc) is 2.56. The summed E-state index contributed by atoms with van der Waals surface area (Å²) in [6.45, 7) is 3.65. The summed E-state index contributed by atoms with van der Waals surface area (Å²) in [5.74, 6) is 0.786. The number of aromatic nitrogens is 3. The molecule has 0 aliphatic rings. The average molecular weight is 211 g/mol. The maximum absolute atomic E-state index is 5.83. The van der Waals surface area contributed by atoms with E-state index in [9.17, 15) is 0 Å². The fourth-order valence-electron chi connectivity index (χ4n) is 1.22. The number of nitrogens with zero attached hydrogens (tertiary/aromatic N) is 3. The molecule has 0 aromatic carbocycles. The van der Waals surface area contributed by atoms with Crippen LogP contribution in [0.1, 0.15) is 12.7 Å². The Morgan fingerprint density at radius 1 is 1.50 bits per heavy atom. The zero-order chi connectivity index (χ0) is 9.97. The molecule has 0 unspecified atom stereocenters. The van der Waals surface area contributed by atoms with Crippen molar-refractivity contribution in [3.05, 3.63) is 29.2 Å².